The molecule has 34 heavy (non-hydrogen) atoms. The van der Waals surface area contributed by atoms with Crippen molar-refractivity contribution in [1.29, 1.82) is 0 Å². The lowest BCUT2D eigenvalue weighted by Crippen LogP contribution is -2.36. The number of imide groups is 1. The van der Waals surface area contributed by atoms with Gasteiger partial charge in [0.15, 0.2) is 11.5 Å². The molecule has 12 heteroatoms. The summed E-state index contributed by atoms with van der Waals surface area (Å²) in [6.45, 7) is 1.66. The predicted octanol–water partition coefficient (Wildman–Crippen LogP) is 3.40. The van der Waals surface area contributed by atoms with Crippen molar-refractivity contribution in [3.63, 3.8) is 0 Å². The minimum Gasteiger partial charge on any atom is -0.490 e. The molecular formula is C22H20BrN3O8. The molecule has 3 rings (SSSR count). The second-order valence-electron chi connectivity index (χ2n) is 6.93. The lowest BCUT2D eigenvalue weighted by atomic mass is 10.1. The summed E-state index contributed by atoms with van der Waals surface area (Å²) in [4.78, 5) is 47.3. The van der Waals surface area contributed by atoms with Crippen molar-refractivity contribution in [3.8, 4) is 11.5 Å². The van der Waals surface area contributed by atoms with Crippen molar-refractivity contribution in [1.82, 2.24) is 10.2 Å². The number of carbonyl (C=O) groups excluding carboxylic acids is 3. The molecule has 0 radical (unpaired) electrons. The second-order valence-corrected chi connectivity index (χ2v) is 7.79. The summed E-state index contributed by atoms with van der Waals surface area (Å²) >= 11 is 3.42. The Hall–Kier alpha value is -3.93. The molecule has 11 nitrogen and oxygen atoms in total. The summed E-state index contributed by atoms with van der Waals surface area (Å²) in [5.74, 6) is -0.672. The van der Waals surface area contributed by atoms with Crippen LogP contribution in [0.1, 0.15) is 18.1 Å². The largest absolute Gasteiger partial charge is 0.490 e. The van der Waals surface area contributed by atoms with Gasteiger partial charge in [-0.05, 0) is 52.2 Å². The van der Waals surface area contributed by atoms with E-state index in [-0.39, 0.29) is 18.0 Å². The lowest BCUT2D eigenvalue weighted by molar-refractivity contribution is -0.384. The number of halogens is 1. The van der Waals surface area contributed by atoms with Gasteiger partial charge >= 0.3 is 12.0 Å². The van der Waals surface area contributed by atoms with Crippen LogP contribution in [0, 0.1) is 10.1 Å². The number of hydrogen-bond acceptors (Lipinski definition) is 8. The van der Waals surface area contributed by atoms with Crippen LogP contribution in [0.2, 0.25) is 0 Å². The highest BCUT2D eigenvalue weighted by atomic mass is 79.9. The number of nitro benzene ring substituents is 1. The van der Waals surface area contributed by atoms with E-state index in [0.29, 0.717) is 33.7 Å². The van der Waals surface area contributed by atoms with Crippen LogP contribution in [0.3, 0.4) is 0 Å². The Bertz CT molecular complexity index is 1180. The minimum atomic E-state index is -0.734. The van der Waals surface area contributed by atoms with Crippen LogP contribution >= 0.6 is 15.9 Å². The fraction of sp³-hybridized carbons (Fsp3) is 0.227. The summed E-state index contributed by atoms with van der Waals surface area (Å²) in [5.41, 5.74) is 1.05. The Morgan fingerprint density at radius 1 is 1.24 bits per heavy atom. The fourth-order valence-electron chi connectivity index (χ4n) is 3.07. The first-order chi connectivity index (χ1) is 16.2. The summed E-state index contributed by atoms with van der Waals surface area (Å²) in [6, 6.07) is 8.62. The number of urea groups is 1. The van der Waals surface area contributed by atoms with Gasteiger partial charge in [-0.3, -0.25) is 19.7 Å². The van der Waals surface area contributed by atoms with E-state index in [0.717, 1.165) is 12.0 Å². The third kappa shape index (κ3) is 5.70. The van der Waals surface area contributed by atoms with Crippen molar-refractivity contribution < 1.29 is 33.5 Å². The number of benzene rings is 2. The van der Waals surface area contributed by atoms with Gasteiger partial charge in [-0.1, -0.05) is 12.1 Å². The van der Waals surface area contributed by atoms with E-state index in [1.54, 1.807) is 31.2 Å². The number of hydrogen-bond donors (Lipinski definition) is 1. The quantitative estimate of drug-likeness (QED) is 0.170. The molecule has 0 atom stereocenters. The van der Waals surface area contributed by atoms with Crippen LogP contribution in [-0.2, 0) is 20.9 Å². The Morgan fingerprint density at radius 2 is 2.00 bits per heavy atom. The molecule has 2 aromatic rings. The molecule has 0 spiro atoms. The van der Waals surface area contributed by atoms with Gasteiger partial charge in [0.05, 0.1) is 23.1 Å². The molecule has 0 bridgehead atoms. The Balaban J connectivity index is 1.84. The smallest absolute Gasteiger partial charge is 0.329 e. The van der Waals surface area contributed by atoms with Gasteiger partial charge in [0, 0.05) is 12.1 Å². The summed E-state index contributed by atoms with van der Waals surface area (Å²) < 4.78 is 16.5. The van der Waals surface area contributed by atoms with Crippen LogP contribution in [0.4, 0.5) is 10.5 Å². The molecule has 0 unspecified atom stereocenters. The zero-order valence-electron chi connectivity index (χ0n) is 18.2. The van der Waals surface area contributed by atoms with Gasteiger partial charge < -0.3 is 19.5 Å². The third-order valence-electron chi connectivity index (χ3n) is 4.62. The summed E-state index contributed by atoms with van der Waals surface area (Å²) in [6.07, 6.45) is 1.44. The van der Waals surface area contributed by atoms with E-state index in [9.17, 15) is 24.5 Å². The van der Waals surface area contributed by atoms with E-state index in [2.05, 4.69) is 26.0 Å². The molecule has 0 aliphatic carbocycles. The van der Waals surface area contributed by atoms with Gasteiger partial charge in [-0.25, -0.2) is 9.69 Å². The summed E-state index contributed by atoms with van der Waals surface area (Å²) in [5, 5.41) is 13.4. The maximum absolute atomic E-state index is 12.5. The summed E-state index contributed by atoms with van der Waals surface area (Å²) in [7, 11) is 1.16. The molecule has 1 saturated heterocycles. The van der Waals surface area contributed by atoms with Crippen LogP contribution in [-0.4, -0.2) is 48.0 Å². The number of nitrogens with zero attached hydrogens (tertiary/aromatic N) is 2. The molecule has 0 saturated carbocycles. The first-order valence-corrected chi connectivity index (χ1v) is 10.8. The lowest BCUT2D eigenvalue weighted by Gasteiger charge is -2.15. The van der Waals surface area contributed by atoms with Crippen LogP contribution in [0.15, 0.2) is 46.6 Å². The number of nitrogens with one attached hydrogen (secondary N) is 1. The zero-order chi connectivity index (χ0) is 24.8. The number of carbonyl (C=O) groups is 3. The van der Waals surface area contributed by atoms with Gasteiger partial charge in [0.2, 0.25) is 0 Å². The van der Waals surface area contributed by atoms with Crippen molar-refractivity contribution in [2.24, 2.45) is 0 Å². The average Bonchev–Trinajstić information content (AvgIpc) is 3.06. The first kappa shape index (κ1) is 24.7. The molecular weight excluding hydrogens is 514 g/mol. The van der Waals surface area contributed by atoms with Gasteiger partial charge in [-0.2, -0.15) is 0 Å². The monoisotopic (exact) mass is 533 g/mol. The maximum atomic E-state index is 12.5. The van der Waals surface area contributed by atoms with Crippen molar-refractivity contribution >= 4 is 45.6 Å². The molecule has 3 amide bonds. The highest BCUT2D eigenvalue weighted by Crippen LogP contribution is 2.38. The van der Waals surface area contributed by atoms with Gasteiger partial charge in [0.1, 0.15) is 18.8 Å². The van der Waals surface area contributed by atoms with Crippen LogP contribution in [0.25, 0.3) is 6.08 Å². The van der Waals surface area contributed by atoms with Gasteiger partial charge in [0.25, 0.3) is 11.6 Å². The van der Waals surface area contributed by atoms with E-state index in [1.807, 2.05) is 0 Å². The molecule has 2 aromatic carbocycles. The maximum Gasteiger partial charge on any atom is 0.329 e. The predicted molar refractivity (Wildman–Crippen MR) is 123 cm³/mol. The number of methoxy groups -OCH3 is 1. The topological polar surface area (TPSA) is 137 Å². The Morgan fingerprint density at radius 3 is 2.68 bits per heavy atom. The number of amides is 3. The van der Waals surface area contributed by atoms with Crippen molar-refractivity contribution in [2.45, 2.75) is 13.5 Å². The Labute approximate surface area is 202 Å². The Kier molecular flexibility index (Phi) is 7.84. The molecule has 178 valence electrons. The molecule has 0 aromatic heterocycles. The average molecular weight is 534 g/mol. The number of ether oxygens (including phenoxy) is 3. The number of esters is 1. The second kappa shape index (κ2) is 10.8. The molecule has 1 heterocycles. The van der Waals surface area contributed by atoms with E-state index < -0.39 is 29.4 Å². The molecule has 1 fully saturated rings. The molecule has 1 aliphatic heterocycles. The highest BCUT2D eigenvalue weighted by molar-refractivity contribution is 9.10. The minimum absolute atomic E-state index is 0.0199. The number of nitro groups is 1. The number of rotatable bonds is 9. The standard InChI is InChI=1S/C22H20BrN3O8/c1-3-33-18-10-14(9-17-21(28)25(22(29)24-17)11-19(27)32-2)8-16(23)20(18)34-12-13-5-4-6-15(7-13)26(30)31/h4-10H,3,11-12H2,1-2H3,(H,24,29)/b17-9+. The number of non-ortho nitro benzene ring substituents is 1. The van der Waals surface area contributed by atoms with Crippen molar-refractivity contribution in [3.05, 3.63) is 67.8 Å². The zero-order valence-corrected chi connectivity index (χ0v) is 19.8. The first-order valence-electron chi connectivity index (χ1n) is 9.97. The van der Waals surface area contributed by atoms with Crippen molar-refractivity contribution in [2.75, 3.05) is 20.3 Å². The molecule has 1 aliphatic rings. The van der Waals surface area contributed by atoms with E-state index in [1.165, 1.54) is 18.2 Å². The third-order valence-corrected chi connectivity index (χ3v) is 5.21. The van der Waals surface area contributed by atoms with Gasteiger partial charge in [-0.15, -0.1) is 0 Å². The molecule has 1 N–H and O–H groups in total. The SMILES string of the molecule is CCOc1cc(/C=C2/NC(=O)N(CC(=O)OC)C2=O)cc(Br)c1OCc1cccc([N+](=O)[O-])c1. The normalized spacial score (nSPS) is 14.2. The van der Waals surface area contributed by atoms with Crippen LogP contribution < -0.4 is 14.8 Å². The van der Waals surface area contributed by atoms with E-state index in [4.69, 9.17) is 9.47 Å². The highest BCUT2D eigenvalue weighted by Gasteiger charge is 2.35. The van der Waals surface area contributed by atoms with Crippen LogP contribution in [0.5, 0.6) is 11.5 Å². The fourth-order valence-corrected chi connectivity index (χ4v) is 3.64. The van der Waals surface area contributed by atoms with E-state index >= 15 is 0 Å².